The number of esters is 4. The SMILES string of the molecule is CCCCCCCCCCCCCCCCCCCCCC(=O)O[C@H](COC(=O)CCCCCCCCCCCCCCC)COP(=O)(O)OC[C@@H](O)COP(=O)(O)OC[C@@H](COC(=O)CCCCCCCCC)OC(=O)CCCCCCCCCCC(C)CC. The highest BCUT2D eigenvalue weighted by Gasteiger charge is 2.30. The number of ether oxygens (including phenoxy) is 4. The molecule has 0 aliphatic heterocycles. The van der Waals surface area contributed by atoms with Crippen molar-refractivity contribution >= 4 is 39.5 Å². The minimum absolute atomic E-state index is 0.105. The molecular formula is C72H140O17P2. The van der Waals surface area contributed by atoms with E-state index in [9.17, 15) is 43.2 Å². The van der Waals surface area contributed by atoms with Crippen LogP contribution in [-0.2, 0) is 65.4 Å². The Morgan fingerprint density at radius 1 is 0.308 bits per heavy atom. The summed E-state index contributed by atoms with van der Waals surface area (Å²) in [6, 6.07) is 0. The number of carbonyl (C=O) groups excluding carboxylic acids is 4. The van der Waals surface area contributed by atoms with Crippen molar-refractivity contribution < 1.29 is 80.2 Å². The second kappa shape index (κ2) is 65.4. The normalized spacial score (nSPS) is 14.3. The molecular weight excluding hydrogens is 1200 g/mol. The molecule has 6 atom stereocenters. The first kappa shape index (κ1) is 89.1. The molecule has 0 fully saturated rings. The molecule has 0 aromatic carbocycles. The van der Waals surface area contributed by atoms with Crippen LogP contribution in [0.25, 0.3) is 0 Å². The maximum absolute atomic E-state index is 13.0. The van der Waals surface area contributed by atoms with Crippen LogP contribution in [-0.4, -0.2) is 96.7 Å². The minimum Gasteiger partial charge on any atom is -0.462 e. The van der Waals surface area contributed by atoms with Gasteiger partial charge >= 0.3 is 39.5 Å². The third-order valence-corrected chi connectivity index (χ3v) is 19.0. The lowest BCUT2D eigenvalue weighted by Gasteiger charge is -2.21. The van der Waals surface area contributed by atoms with Gasteiger partial charge in [-0.25, -0.2) is 9.13 Å². The van der Waals surface area contributed by atoms with Crippen LogP contribution in [0.2, 0.25) is 0 Å². The molecule has 0 radical (unpaired) electrons. The van der Waals surface area contributed by atoms with Gasteiger partial charge in [0.2, 0.25) is 0 Å². The summed E-state index contributed by atoms with van der Waals surface area (Å²) in [6.45, 7) is 7.22. The van der Waals surface area contributed by atoms with Gasteiger partial charge < -0.3 is 33.8 Å². The summed E-state index contributed by atoms with van der Waals surface area (Å²) in [4.78, 5) is 72.5. The highest BCUT2D eigenvalue weighted by Crippen LogP contribution is 2.45. The van der Waals surface area contributed by atoms with Gasteiger partial charge in [-0.05, 0) is 31.6 Å². The van der Waals surface area contributed by atoms with E-state index < -0.39 is 97.5 Å². The molecule has 540 valence electrons. The molecule has 17 nitrogen and oxygen atoms in total. The molecule has 0 aliphatic rings. The topological polar surface area (TPSA) is 237 Å². The van der Waals surface area contributed by atoms with Crippen LogP contribution < -0.4 is 0 Å². The van der Waals surface area contributed by atoms with Crippen molar-refractivity contribution in [2.45, 2.75) is 393 Å². The van der Waals surface area contributed by atoms with Crippen LogP contribution in [0.4, 0.5) is 0 Å². The van der Waals surface area contributed by atoms with Crippen LogP contribution >= 0.6 is 15.6 Å². The number of aliphatic hydroxyl groups is 1. The minimum atomic E-state index is -4.95. The fourth-order valence-corrected chi connectivity index (χ4v) is 12.5. The van der Waals surface area contributed by atoms with Crippen LogP contribution in [0, 0.1) is 5.92 Å². The maximum Gasteiger partial charge on any atom is 0.472 e. The van der Waals surface area contributed by atoms with Gasteiger partial charge in [-0.1, -0.05) is 324 Å². The van der Waals surface area contributed by atoms with Gasteiger partial charge in [0.25, 0.3) is 0 Å². The Hall–Kier alpha value is -1.94. The van der Waals surface area contributed by atoms with Gasteiger partial charge in [0.05, 0.1) is 26.4 Å². The first-order chi connectivity index (χ1) is 44.1. The number of hydrogen-bond acceptors (Lipinski definition) is 15. The second-order valence-electron chi connectivity index (χ2n) is 26.2. The number of unbranched alkanes of at least 4 members (excludes halogenated alkanes) is 43. The van der Waals surface area contributed by atoms with Gasteiger partial charge in [-0.2, -0.15) is 0 Å². The van der Waals surface area contributed by atoms with Crippen molar-refractivity contribution in [2.75, 3.05) is 39.6 Å². The summed E-state index contributed by atoms with van der Waals surface area (Å²) in [5.74, 6) is -1.35. The summed E-state index contributed by atoms with van der Waals surface area (Å²) < 4.78 is 68.3. The molecule has 3 N–H and O–H groups in total. The number of hydrogen-bond donors (Lipinski definition) is 3. The average Bonchev–Trinajstić information content (AvgIpc) is 2.30. The molecule has 0 bridgehead atoms. The highest BCUT2D eigenvalue weighted by atomic mass is 31.2. The van der Waals surface area contributed by atoms with E-state index in [4.69, 9.17) is 37.0 Å². The van der Waals surface area contributed by atoms with E-state index in [1.807, 2.05) is 0 Å². The van der Waals surface area contributed by atoms with Crippen LogP contribution in [0.1, 0.15) is 375 Å². The molecule has 19 heteroatoms. The summed E-state index contributed by atoms with van der Waals surface area (Å²) in [5.41, 5.74) is 0. The summed E-state index contributed by atoms with van der Waals surface area (Å²) >= 11 is 0. The van der Waals surface area contributed by atoms with Gasteiger partial charge in [0.15, 0.2) is 12.2 Å². The number of rotatable bonds is 72. The Kier molecular flexibility index (Phi) is 64.0. The van der Waals surface area contributed by atoms with Gasteiger partial charge in [0.1, 0.15) is 19.3 Å². The first-order valence-corrected chi connectivity index (χ1v) is 40.7. The zero-order valence-corrected chi connectivity index (χ0v) is 60.8. The standard InChI is InChI=1S/C72H140O17P2/c1-6-10-13-16-19-21-23-25-26-27-28-29-30-32-34-36-42-47-52-57-71(76)88-68(62-83-70(75)56-51-46-41-35-33-31-24-22-20-17-14-11-7-2)64-87-91(80,81)85-60-66(73)59-84-90(78,79)86-63-67(61-82-69(74)55-50-45-39-18-15-12-8-3)89-72(77)58-53-48-43-38-37-40-44-49-54-65(5)9-4/h65-68,73H,6-64H2,1-5H3,(H,78,79)(H,80,81)/t65?,66-,67+,68+/m0/s1. The average molecular weight is 1340 g/mol. The van der Waals surface area contributed by atoms with Crippen molar-refractivity contribution in [1.29, 1.82) is 0 Å². The summed E-state index contributed by atoms with van der Waals surface area (Å²) in [6.07, 6.45) is 52.8. The molecule has 0 saturated heterocycles. The Bertz CT molecular complexity index is 1760. The third-order valence-electron chi connectivity index (χ3n) is 17.1. The summed E-state index contributed by atoms with van der Waals surface area (Å²) in [7, 11) is -9.90. The quantitative estimate of drug-likeness (QED) is 0.0222. The molecule has 0 saturated carbocycles. The molecule has 0 aromatic heterocycles. The van der Waals surface area contributed by atoms with E-state index in [1.165, 1.54) is 186 Å². The van der Waals surface area contributed by atoms with E-state index in [2.05, 4.69) is 34.6 Å². The van der Waals surface area contributed by atoms with E-state index in [-0.39, 0.29) is 25.7 Å². The predicted molar refractivity (Wildman–Crippen MR) is 368 cm³/mol. The van der Waals surface area contributed by atoms with E-state index in [0.717, 1.165) is 109 Å². The lowest BCUT2D eigenvalue weighted by atomic mass is 9.99. The smallest absolute Gasteiger partial charge is 0.462 e. The zero-order valence-electron chi connectivity index (χ0n) is 59.0. The number of phosphoric acid groups is 2. The van der Waals surface area contributed by atoms with Crippen molar-refractivity contribution in [1.82, 2.24) is 0 Å². The largest absolute Gasteiger partial charge is 0.472 e. The molecule has 0 rings (SSSR count). The van der Waals surface area contributed by atoms with Crippen molar-refractivity contribution in [3.63, 3.8) is 0 Å². The van der Waals surface area contributed by atoms with Gasteiger partial charge in [-0.15, -0.1) is 0 Å². The number of phosphoric ester groups is 2. The fourth-order valence-electron chi connectivity index (χ4n) is 11.0. The third kappa shape index (κ3) is 65.1. The molecule has 0 spiro atoms. The first-order valence-electron chi connectivity index (χ1n) is 37.7. The van der Waals surface area contributed by atoms with Crippen molar-refractivity contribution in [2.24, 2.45) is 5.92 Å². The Balaban J connectivity index is 5.18. The second-order valence-corrected chi connectivity index (χ2v) is 29.1. The summed E-state index contributed by atoms with van der Waals surface area (Å²) in [5, 5.41) is 10.6. The molecule has 0 heterocycles. The fraction of sp³-hybridized carbons (Fsp3) is 0.944. The predicted octanol–water partition coefficient (Wildman–Crippen LogP) is 20.9. The lowest BCUT2D eigenvalue weighted by molar-refractivity contribution is -0.161. The Labute approximate surface area is 556 Å². The van der Waals surface area contributed by atoms with Crippen molar-refractivity contribution in [3.05, 3.63) is 0 Å². The molecule has 0 aromatic rings. The highest BCUT2D eigenvalue weighted by molar-refractivity contribution is 7.47. The van der Waals surface area contributed by atoms with Crippen molar-refractivity contribution in [3.8, 4) is 0 Å². The van der Waals surface area contributed by atoms with E-state index in [1.54, 1.807) is 0 Å². The van der Waals surface area contributed by atoms with E-state index >= 15 is 0 Å². The van der Waals surface area contributed by atoms with Gasteiger partial charge in [-0.3, -0.25) is 37.3 Å². The number of carbonyl (C=O) groups is 4. The zero-order chi connectivity index (χ0) is 67.0. The van der Waals surface area contributed by atoms with Crippen LogP contribution in [0.3, 0.4) is 0 Å². The number of aliphatic hydroxyl groups excluding tert-OH is 1. The maximum atomic E-state index is 13.0. The van der Waals surface area contributed by atoms with Gasteiger partial charge in [0, 0.05) is 25.7 Å². The van der Waals surface area contributed by atoms with E-state index in [0.29, 0.717) is 25.7 Å². The Morgan fingerprint density at radius 2 is 0.527 bits per heavy atom. The molecule has 0 aliphatic carbocycles. The lowest BCUT2D eigenvalue weighted by Crippen LogP contribution is -2.30. The van der Waals surface area contributed by atoms with Crippen LogP contribution in [0.5, 0.6) is 0 Å². The Morgan fingerprint density at radius 3 is 0.780 bits per heavy atom. The molecule has 91 heavy (non-hydrogen) atoms. The molecule has 3 unspecified atom stereocenters. The monoisotopic (exact) mass is 1340 g/mol. The van der Waals surface area contributed by atoms with Crippen LogP contribution in [0.15, 0.2) is 0 Å². The molecule has 0 amide bonds.